The smallest absolute Gasteiger partial charge is 0.269 e. The molecule has 1 aromatic carbocycles. The number of benzene rings is 1. The molecule has 2 bridgehead atoms. The van der Waals surface area contributed by atoms with Crippen LogP contribution in [0.3, 0.4) is 0 Å². The normalized spacial score (nSPS) is 37.2. The number of nitro groups is 1. The molecule has 1 aromatic rings. The molecule has 5 atom stereocenters. The lowest BCUT2D eigenvalue weighted by atomic mass is 9.76. The number of hydrogen-bond donors (Lipinski definition) is 1. The molecule has 146 valence electrons. The minimum absolute atomic E-state index is 0.0448. The zero-order valence-corrected chi connectivity index (χ0v) is 16.1. The van der Waals surface area contributed by atoms with Gasteiger partial charge in [0.25, 0.3) is 5.69 Å². The van der Waals surface area contributed by atoms with Gasteiger partial charge < -0.3 is 14.6 Å². The molecule has 27 heavy (non-hydrogen) atoms. The summed E-state index contributed by atoms with van der Waals surface area (Å²) in [4.78, 5) is 10.4. The quantitative estimate of drug-likeness (QED) is 0.478. The van der Waals surface area contributed by atoms with E-state index in [4.69, 9.17) is 9.47 Å². The molecule has 3 aliphatic rings. The predicted octanol–water partition coefficient (Wildman–Crippen LogP) is 4.08. The fourth-order valence-electron chi connectivity index (χ4n) is 5.36. The van der Waals surface area contributed by atoms with Gasteiger partial charge in [0.15, 0.2) is 5.79 Å². The lowest BCUT2D eigenvalue weighted by Gasteiger charge is -2.41. The summed E-state index contributed by atoms with van der Waals surface area (Å²) in [7, 11) is 0. The third-order valence-corrected chi connectivity index (χ3v) is 6.83. The Labute approximate surface area is 159 Å². The minimum Gasteiger partial charge on any atom is -0.489 e. The molecule has 1 saturated carbocycles. The van der Waals surface area contributed by atoms with E-state index in [1.54, 1.807) is 12.1 Å². The molecule has 6 nitrogen and oxygen atoms in total. The van der Waals surface area contributed by atoms with E-state index in [1.807, 2.05) is 6.08 Å². The van der Waals surface area contributed by atoms with Crippen molar-refractivity contribution in [2.45, 2.75) is 51.4 Å². The van der Waals surface area contributed by atoms with Gasteiger partial charge in [-0.1, -0.05) is 20.8 Å². The molecule has 2 heterocycles. The number of non-ortho nitro benzene ring substituents is 1. The van der Waals surface area contributed by atoms with Gasteiger partial charge in [-0.2, -0.15) is 0 Å². The largest absolute Gasteiger partial charge is 0.489 e. The summed E-state index contributed by atoms with van der Waals surface area (Å²) in [6, 6.07) is 6.12. The lowest BCUT2D eigenvalue weighted by molar-refractivity contribution is -0.384. The Morgan fingerprint density at radius 2 is 2.04 bits per heavy atom. The summed E-state index contributed by atoms with van der Waals surface area (Å²) < 4.78 is 12.3. The number of nitro benzene ring substituents is 1. The standard InChI is InChI=1S/C21H27NO5/c1-13(2)19-11-20-14(3)4-9-18(20)15(10-21(19,23)27-20)12-26-17-7-5-16(6-8-17)22(24)25/h5-8,10,13-14,18-19,23H,4,9,11-12H2,1-3H3/t14-,18?,19-,20-,21-/m0/s1. The van der Waals surface area contributed by atoms with Crippen molar-refractivity contribution in [2.24, 2.45) is 23.7 Å². The number of nitrogens with zero attached hydrogens (tertiary/aromatic N) is 1. The molecule has 1 N–H and O–H groups in total. The van der Waals surface area contributed by atoms with Gasteiger partial charge >= 0.3 is 0 Å². The first kappa shape index (κ1) is 18.4. The van der Waals surface area contributed by atoms with Crippen molar-refractivity contribution in [3.8, 4) is 5.75 Å². The van der Waals surface area contributed by atoms with Gasteiger partial charge in [-0.15, -0.1) is 0 Å². The highest BCUT2D eigenvalue weighted by Crippen LogP contribution is 2.62. The van der Waals surface area contributed by atoms with E-state index in [0.29, 0.717) is 24.2 Å². The maximum atomic E-state index is 11.2. The number of rotatable bonds is 5. The van der Waals surface area contributed by atoms with Crippen LogP contribution in [-0.4, -0.2) is 28.0 Å². The molecule has 1 aliphatic carbocycles. The third-order valence-electron chi connectivity index (χ3n) is 6.83. The van der Waals surface area contributed by atoms with E-state index in [2.05, 4.69) is 20.8 Å². The summed E-state index contributed by atoms with van der Waals surface area (Å²) >= 11 is 0. The van der Waals surface area contributed by atoms with E-state index in [0.717, 1.165) is 24.8 Å². The van der Waals surface area contributed by atoms with Crippen molar-refractivity contribution >= 4 is 5.69 Å². The predicted molar refractivity (Wildman–Crippen MR) is 100 cm³/mol. The van der Waals surface area contributed by atoms with Gasteiger partial charge in [-0.3, -0.25) is 10.1 Å². The molecule has 0 radical (unpaired) electrons. The van der Waals surface area contributed by atoms with E-state index in [-0.39, 0.29) is 23.1 Å². The van der Waals surface area contributed by atoms with Crippen LogP contribution in [0.15, 0.2) is 35.9 Å². The van der Waals surface area contributed by atoms with E-state index < -0.39 is 10.7 Å². The Hall–Kier alpha value is -1.92. The molecular weight excluding hydrogens is 346 g/mol. The molecule has 0 amide bonds. The molecule has 0 aromatic heterocycles. The molecular formula is C21H27NO5. The minimum atomic E-state index is -1.22. The van der Waals surface area contributed by atoms with Crippen LogP contribution >= 0.6 is 0 Å². The van der Waals surface area contributed by atoms with Gasteiger partial charge in [0.05, 0.1) is 10.5 Å². The highest BCUT2D eigenvalue weighted by Gasteiger charge is 2.65. The van der Waals surface area contributed by atoms with Crippen molar-refractivity contribution in [1.29, 1.82) is 0 Å². The Morgan fingerprint density at radius 3 is 2.67 bits per heavy atom. The molecule has 1 spiro atoms. The molecule has 1 unspecified atom stereocenters. The lowest BCUT2D eigenvalue weighted by Crippen LogP contribution is -2.47. The molecule has 2 aliphatic heterocycles. The van der Waals surface area contributed by atoms with Crippen LogP contribution in [0, 0.1) is 33.8 Å². The second kappa shape index (κ2) is 6.31. The Kier molecular flexibility index (Phi) is 4.31. The number of ether oxygens (including phenoxy) is 2. The van der Waals surface area contributed by atoms with Crippen LogP contribution in [0.5, 0.6) is 5.75 Å². The average Bonchev–Trinajstić information content (AvgIpc) is 3.08. The molecule has 1 saturated heterocycles. The Bertz CT molecular complexity index is 773. The van der Waals surface area contributed by atoms with E-state index >= 15 is 0 Å². The highest BCUT2D eigenvalue weighted by atomic mass is 16.6. The van der Waals surface area contributed by atoms with Gasteiger partial charge in [0.2, 0.25) is 0 Å². The van der Waals surface area contributed by atoms with Crippen LogP contribution in [0.2, 0.25) is 0 Å². The van der Waals surface area contributed by atoms with Crippen LogP contribution in [0.1, 0.15) is 40.0 Å². The van der Waals surface area contributed by atoms with Crippen molar-refractivity contribution < 1.29 is 19.5 Å². The molecule has 2 fully saturated rings. The van der Waals surface area contributed by atoms with Crippen LogP contribution in [0.25, 0.3) is 0 Å². The summed E-state index contributed by atoms with van der Waals surface area (Å²) in [5.41, 5.74) is 0.838. The van der Waals surface area contributed by atoms with Gasteiger partial charge in [0, 0.05) is 24.0 Å². The summed E-state index contributed by atoms with van der Waals surface area (Å²) in [5.74, 6) is 0.437. The summed E-state index contributed by atoms with van der Waals surface area (Å²) in [6.45, 7) is 6.87. The van der Waals surface area contributed by atoms with Gasteiger partial charge in [-0.05, 0) is 54.9 Å². The van der Waals surface area contributed by atoms with Crippen LogP contribution < -0.4 is 4.74 Å². The van der Waals surface area contributed by atoms with Crippen LogP contribution in [-0.2, 0) is 4.74 Å². The summed E-state index contributed by atoms with van der Waals surface area (Å²) in [5, 5.41) is 22.0. The first-order valence-corrected chi connectivity index (χ1v) is 9.76. The van der Waals surface area contributed by atoms with Crippen molar-refractivity contribution in [1.82, 2.24) is 0 Å². The van der Waals surface area contributed by atoms with Crippen molar-refractivity contribution in [3.05, 3.63) is 46.0 Å². The van der Waals surface area contributed by atoms with E-state index in [9.17, 15) is 15.2 Å². The fraction of sp³-hybridized carbons (Fsp3) is 0.619. The second-order valence-corrected chi connectivity index (χ2v) is 8.65. The first-order chi connectivity index (χ1) is 12.7. The van der Waals surface area contributed by atoms with Crippen LogP contribution in [0.4, 0.5) is 5.69 Å². The monoisotopic (exact) mass is 373 g/mol. The molecule has 4 rings (SSSR count). The van der Waals surface area contributed by atoms with Crippen molar-refractivity contribution in [2.75, 3.05) is 6.61 Å². The topological polar surface area (TPSA) is 81.8 Å². The Balaban J connectivity index is 1.58. The maximum absolute atomic E-state index is 11.2. The number of fused-ring (bicyclic) bond motifs is 1. The van der Waals surface area contributed by atoms with Gasteiger partial charge in [-0.25, -0.2) is 0 Å². The zero-order valence-electron chi connectivity index (χ0n) is 16.1. The number of aliphatic hydroxyl groups is 1. The second-order valence-electron chi connectivity index (χ2n) is 8.65. The zero-order chi connectivity index (χ0) is 19.4. The maximum Gasteiger partial charge on any atom is 0.269 e. The third kappa shape index (κ3) is 2.86. The fourth-order valence-corrected chi connectivity index (χ4v) is 5.36. The number of hydrogen-bond acceptors (Lipinski definition) is 5. The molecule has 6 heteroatoms. The van der Waals surface area contributed by atoms with E-state index in [1.165, 1.54) is 12.1 Å². The first-order valence-electron chi connectivity index (χ1n) is 9.76. The average molecular weight is 373 g/mol. The Morgan fingerprint density at radius 1 is 1.33 bits per heavy atom. The summed E-state index contributed by atoms with van der Waals surface area (Å²) in [6.07, 6.45) is 4.89. The highest BCUT2D eigenvalue weighted by molar-refractivity contribution is 5.37. The van der Waals surface area contributed by atoms with Crippen molar-refractivity contribution in [3.63, 3.8) is 0 Å². The van der Waals surface area contributed by atoms with Gasteiger partial charge in [0.1, 0.15) is 12.4 Å². The SMILES string of the molecule is CC(C)[C@@H]1C[C@@]23O[C@@]1(O)C=C(COc1ccc([N+](=O)[O-])cc1)C2CC[C@@H]3C.